The number of anilines is 1. The number of nitrogens with one attached hydrogen (secondary N) is 2. The second kappa shape index (κ2) is 11.0. The Hall–Kier alpha value is -5.76. The summed E-state index contributed by atoms with van der Waals surface area (Å²) in [6, 6.07) is 12.4. The largest absolute Gasteiger partial charge is 0.381 e. The molecule has 0 radical (unpaired) electrons. The molecule has 0 bridgehead atoms. The van der Waals surface area contributed by atoms with E-state index in [0.717, 1.165) is 22.3 Å². The summed E-state index contributed by atoms with van der Waals surface area (Å²) in [4.78, 5) is 43.5. The first kappa shape index (κ1) is 26.5. The number of nitrogens with zero attached hydrogens (tertiary/aromatic N) is 6. The van der Waals surface area contributed by atoms with Gasteiger partial charge in [0.05, 0.1) is 23.4 Å². The van der Waals surface area contributed by atoms with E-state index in [-0.39, 0.29) is 16.9 Å². The zero-order chi connectivity index (χ0) is 29.2. The zero-order valence-electron chi connectivity index (χ0n) is 23.0. The molecule has 1 atom stereocenters. The van der Waals surface area contributed by atoms with Gasteiger partial charge in [-0.15, -0.1) is 5.10 Å². The topological polar surface area (TPSA) is 149 Å². The summed E-state index contributed by atoms with van der Waals surface area (Å²) in [5.74, 6) is 5.89. The SMILES string of the molecule is Cc1ccn2nc(N)c(C(=O)NC(C)c3cc4cccc(C#Cc5cccnc5)c4c(=O)n3CCc3c[nH]cn3)c2n1. The predicted molar refractivity (Wildman–Crippen MR) is 159 cm³/mol. The Balaban J connectivity index is 1.42. The van der Waals surface area contributed by atoms with Gasteiger partial charge in [0.1, 0.15) is 5.56 Å². The van der Waals surface area contributed by atoms with Crippen LogP contribution in [0.3, 0.4) is 0 Å². The number of carbonyl (C=O) groups excluding carboxylic acids is 1. The third-order valence-electron chi connectivity index (χ3n) is 6.99. The van der Waals surface area contributed by atoms with Crippen LogP contribution >= 0.6 is 0 Å². The first-order chi connectivity index (χ1) is 20.4. The third kappa shape index (κ3) is 5.09. The van der Waals surface area contributed by atoms with Crippen molar-refractivity contribution in [2.75, 3.05) is 5.73 Å². The fourth-order valence-electron chi connectivity index (χ4n) is 4.94. The van der Waals surface area contributed by atoms with Gasteiger partial charge < -0.3 is 20.6 Å². The molecular weight excluding hydrogens is 530 g/mol. The monoisotopic (exact) mass is 557 g/mol. The molecule has 6 rings (SSSR count). The number of aromatic nitrogens is 7. The summed E-state index contributed by atoms with van der Waals surface area (Å²) in [5, 5.41) is 8.46. The van der Waals surface area contributed by atoms with Crippen LogP contribution in [0, 0.1) is 18.8 Å². The molecule has 6 aromatic rings. The van der Waals surface area contributed by atoms with E-state index in [4.69, 9.17) is 5.73 Å². The molecule has 0 saturated carbocycles. The number of imidazole rings is 1. The molecule has 208 valence electrons. The first-order valence-corrected chi connectivity index (χ1v) is 13.4. The van der Waals surface area contributed by atoms with Crippen molar-refractivity contribution in [3.63, 3.8) is 0 Å². The van der Waals surface area contributed by atoms with Crippen LogP contribution in [0.1, 0.15) is 51.5 Å². The normalized spacial score (nSPS) is 11.8. The van der Waals surface area contributed by atoms with E-state index in [1.807, 2.05) is 50.2 Å². The highest BCUT2D eigenvalue weighted by molar-refractivity contribution is 6.04. The van der Waals surface area contributed by atoms with Gasteiger partial charge in [-0.25, -0.2) is 14.5 Å². The number of aromatic amines is 1. The Kier molecular flexibility index (Phi) is 6.94. The minimum absolute atomic E-state index is 0.0732. The van der Waals surface area contributed by atoms with Crippen molar-refractivity contribution in [3.8, 4) is 11.8 Å². The number of hydrogen-bond acceptors (Lipinski definition) is 7. The second-order valence-electron chi connectivity index (χ2n) is 9.89. The molecule has 5 heterocycles. The minimum Gasteiger partial charge on any atom is -0.381 e. The average molecular weight is 558 g/mol. The number of H-pyrrole nitrogens is 1. The van der Waals surface area contributed by atoms with Crippen LogP contribution in [0.4, 0.5) is 5.82 Å². The van der Waals surface area contributed by atoms with Crippen LogP contribution in [0.25, 0.3) is 16.4 Å². The van der Waals surface area contributed by atoms with Gasteiger partial charge in [-0.3, -0.25) is 14.6 Å². The van der Waals surface area contributed by atoms with Gasteiger partial charge in [-0.05, 0) is 49.6 Å². The smallest absolute Gasteiger partial charge is 0.259 e. The summed E-state index contributed by atoms with van der Waals surface area (Å²) in [6.45, 7) is 4.01. The van der Waals surface area contributed by atoms with Crippen molar-refractivity contribution in [2.24, 2.45) is 0 Å². The van der Waals surface area contributed by atoms with Crippen LogP contribution in [0.2, 0.25) is 0 Å². The van der Waals surface area contributed by atoms with E-state index < -0.39 is 11.9 Å². The Labute approximate surface area is 240 Å². The highest BCUT2D eigenvalue weighted by Crippen LogP contribution is 2.23. The molecule has 0 spiro atoms. The van der Waals surface area contributed by atoms with Crippen molar-refractivity contribution in [3.05, 3.63) is 118 Å². The quantitative estimate of drug-likeness (QED) is 0.266. The number of nitrogens with two attached hydrogens (primary N) is 1. The second-order valence-corrected chi connectivity index (χ2v) is 9.89. The van der Waals surface area contributed by atoms with E-state index in [9.17, 15) is 9.59 Å². The van der Waals surface area contributed by atoms with Gasteiger partial charge in [0.15, 0.2) is 11.5 Å². The van der Waals surface area contributed by atoms with E-state index in [2.05, 4.69) is 42.2 Å². The minimum atomic E-state index is -0.557. The summed E-state index contributed by atoms with van der Waals surface area (Å²) in [6.07, 6.45) is 8.98. The maximum atomic E-state index is 14.1. The van der Waals surface area contributed by atoms with Crippen molar-refractivity contribution in [1.82, 2.24) is 39.4 Å². The summed E-state index contributed by atoms with van der Waals surface area (Å²) < 4.78 is 3.16. The fourth-order valence-corrected chi connectivity index (χ4v) is 4.94. The summed E-state index contributed by atoms with van der Waals surface area (Å²) in [7, 11) is 0. The molecule has 1 aromatic carbocycles. The van der Waals surface area contributed by atoms with Gasteiger partial charge in [0.25, 0.3) is 11.5 Å². The molecule has 42 heavy (non-hydrogen) atoms. The van der Waals surface area contributed by atoms with E-state index in [1.54, 1.807) is 41.7 Å². The first-order valence-electron chi connectivity index (χ1n) is 13.4. The molecule has 0 fully saturated rings. The molecule has 0 aliphatic carbocycles. The number of nitrogen functional groups attached to an aromatic ring is 1. The Morgan fingerprint density at radius 1 is 1.19 bits per heavy atom. The van der Waals surface area contributed by atoms with Gasteiger partial charge >= 0.3 is 0 Å². The lowest BCUT2D eigenvalue weighted by molar-refractivity contribution is 0.0940. The van der Waals surface area contributed by atoms with E-state index in [0.29, 0.717) is 35.3 Å². The number of benzene rings is 1. The van der Waals surface area contributed by atoms with Crippen LogP contribution in [-0.4, -0.2) is 40.0 Å². The maximum absolute atomic E-state index is 14.1. The lowest BCUT2D eigenvalue weighted by atomic mass is 10.0. The highest BCUT2D eigenvalue weighted by Gasteiger charge is 2.23. The molecule has 0 aliphatic rings. The lowest BCUT2D eigenvalue weighted by Crippen LogP contribution is -2.33. The Morgan fingerprint density at radius 2 is 2.07 bits per heavy atom. The van der Waals surface area contributed by atoms with Gasteiger partial charge in [0, 0.05) is 60.3 Å². The van der Waals surface area contributed by atoms with Crippen molar-refractivity contribution < 1.29 is 4.79 Å². The number of carbonyl (C=O) groups is 1. The molecule has 11 nitrogen and oxygen atoms in total. The van der Waals surface area contributed by atoms with Gasteiger partial charge in [-0.1, -0.05) is 24.0 Å². The molecule has 0 saturated heterocycles. The number of aryl methyl sites for hydroxylation is 2. The maximum Gasteiger partial charge on any atom is 0.259 e. The van der Waals surface area contributed by atoms with Crippen LogP contribution in [0.15, 0.2) is 78.4 Å². The fraction of sp³-hybridized carbons (Fsp3) is 0.161. The lowest BCUT2D eigenvalue weighted by Gasteiger charge is -2.21. The molecule has 0 aliphatic heterocycles. The van der Waals surface area contributed by atoms with Gasteiger partial charge in [-0.2, -0.15) is 0 Å². The Morgan fingerprint density at radius 3 is 2.86 bits per heavy atom. The predicted octanol–water partition coefficient (Wildman–Crippen LogP) is 3.19. The standard InChI is InChI=1S/C31H27N9O2/c1-19-10-14-40-29(36-19)27(28(32)38-40)30(41)37-20(2)25-15-23-7-3-6-22(9-8-21-5-4-12-33-16-21)26(23)31(42)39(25)13-11-24-17-34-18-35-24/h3-7,10,12,14-18,20H,11,13H2,1-2H3,(H2,32,38)(H,34,35)(H,37,41). The number of rotatable bonds is 6. The van der Waals surface area contributed by atoms with Crippen molar-refractivity contribution in [2.45, 2.75) is 32.9 Å². The number of amides is 1. The highest BCUT2D eigenvalue weighted by atomic mass is 16.2. The summed E-state index contributed by atoms with van der Waals surface area (Å²) in [5.41, 5.74) is 10.0. The van der Waals surface area contributed by atoms with Gasteiger partial charge in [0.2, 0.25) is 0 Å². The molecule has 11 heteroatoms. The van der Waals surface area contributed by atoms with Crippen molar-refractivity contribution >= 4 is 28.1 Å². The van der Waals surface area contributed by atoms with Crippen molar-refractivity contribution in [1.29, 1.82) is 0 Å². The zero-order valence-corrected chi connectivity index (χ0v) is 23.0. The average Bonchev–Trinajstić information content (AvgIpc) is 3.62. The van der Waals surface area contributed by atoms with E-state index >= 15 is 0 Å². The van der Waals surface area contributed by atoms with Crippen LogP contribution in [-0.2, 0) is 13.0 Å². The number of hydrogen-bond donors (Lipinski definition) is 3. The number of pyridine rings is 2. The molecule has 4 N–H and O–H groups in total. The van der Waals surface area contributed by atoms with Crippen LogP contribution < -0.4 is 16.6 Å². The van der Waals surface area contributed by atoms with E-state index in [1.165, 1.54) is 4.52 Å². The van der Waals surface area contributed by atoms with Crippen LogP contribution in [0.5, 0.6) is 0 Å². The molecule has 5 aromatic heterocycles. The Bertz CT molecular complexity index is 2050. The molecule has 1 unspecified atom stereocenters. The molecular formula is C31H27N9O2. The molecule has 1 amide bonds. The third-order valence-corrected chi connectivity index (χ3v) is 6.99. The summed E-state index contributed by atoms with van der Waals surface area (Å²) >= 11 is 0. The number of fused-ring (bicyclic) bond motifs is 2.